The van der Waals surface area contributed by atoms with Crippen LogP contribution in [0.4, 0.5) is 5.69 Å². The van der Waals surface area contributed by atoms with Gasteiger partial charge in [-0.2, -0.15) is 0 Å². The van der Waals surface area contributed by atoms with Gasteiger partial charge in [0.15, 0.2) is 0 Å². The van der Waals surface area contributed by atoms with E-state index in [9.17, 15) is 9.59 Å². The van der Waals surface area contributed by atoms with Crippen LogP contribution in [0.5, 0.6) is 0 Å². The van der Waals surface area contributed by atoms with E-state index in [1.54, 1.807) is 24.3 Å². The van der Waals surface area contributed by atoms with Crippen LogP contribution in [0.25, 0.3) is 0 Å². The lowest BCUT2D eigenvalue weighted by Gasteiger charge is -2.37. The van der Waals surface area contributed by atoms with Crippen molar-refractivity contribution < 1.29 is 9.59 Å². The lowest BCUT2D eigenvalue weighted by Crippen LogP contribution is -2.47. The maximum absolute atomic E-state index is 13.0. The Hall–Kier alpha value is -2.77. The highest BCUT2D eigenvalue weighted by Crippen LogP contribution is 2.43. The normalized spacial score (nSPS) is 19.6. The monoisotopic (exact) mass is 340 g/mol. The number of anilines is 1. The number of carbonyl (C=O) groups is 2. The van der Waals surface area contributed by atoms with Crippen molar-refractivity contribution in [2.45, 2.75) is 19.3 Å². The standard InChI is InChI=1S/C17H20N6O2/c1-21-12-19-14(20-21)15(24)22-8-4-17(5-9-22)6-10-23(16(17)25)13-3-2-7-18-11-13/h2-3,7,11-12H,4-6,8-10H2,1H3. The molecule has 0 saturated carbocycles. The lowest BCUT2D eigenvalue weighted by atomic mass is 9.77. The van der Waals surface area contributed by atoms with E-state index in [0.717, 1.165) is 12.1 Å². The topological polar surface area (TPSA) is 84.2 Å². The van der Waals surface area contributed by atoms with Crippen molar-refractivity contribution in [2.24, 2.45) is 12.5 Å². The Bertz CT molecular complexity index is 794. The van der Waals surface area contributed by atoms with E-state index in [1.165, 1.54) is 11.0 Å². The van der Waals surface area contributed by atoms with Crippen molar-refractivity contribution >= 4 is 17.5 Å². The molecule has 0 aliphatic carbocycles. The van der Waals surface area contributed by atoms with Gasteiger partial charge >= 0.3 is 0 Å². The number of nitrogens with zero attached hydrogens (tertiary/aromatic N) is 6. The van der Waals surface area contributed by atoms with Crippen molar-refractivity contribution in [3.05, 3.63) is 36.7 Å². The van der Waals surface area contributed by atoms with Crippen molar-refractivity contribution in [2.75, 3.05) is 24.5 Å². The summed E-state index contributed by atoms with van der Waals surface area (Å²) in [6.45, 7) is 1.83. The Kier molecular flexibility index (Phi) is 3.74. The molecule has 2 aromatic rings. The number of aryl methyl sites for hydroxylation is 1. The molecule has 2 aliphatic rings. The fraction of sp³-hybridized carbons (Fsp3) is 0.471. The molecule has 0 bridgehead atoms. The third-order valence-electron chi connectivity index (χ3n) is 5.27. The summed E-state index contributed by atoms with van der Waals surface area (Å²) < 4.78 is 1.52. The van der Waals surface area contributed by atoms with Gasteiger partial charge in [0.1, 0.15) is 6.33 Å². The zero-order valence-corrected chi connectivity index (χ0v) is 14.1. The first-order valence-electron chi connectivity index (χ1n) is 8.46. The van der Waals surface area contributed by atoms with E-state index in [2.05, 4.69) is 15.1 Å². The van der Waals surface area contributed by atoms with E-state index < -0.39 is 0 Å². The molecule has 2 saturated heterocycles. The number of likely N-dealkylation sites (tertiary alicyclic amines) is 1. The molecule has 2 aliphatic heterocycles. The fourth-order valence-corrected chi connectivity index (χ4v) is 3.76. The molecule has 4 rings (SSSR count). The Labute approximate surface area is 145 Å². The smallest absolute Gasteiger partial charge is 0.293 e. The average molecular weight is 340 g/mol. The largest absolute Gasteiger partial charge is 0.336 e. The summed E-state index contributed by atoms with van der Waals surface area (Å²) >= 11 is 0. The van der Waals surface area contributed by atoms with E-state index in [1.807, 2.05) is 17.0 Å². The van der Waals surface area contributed by atoms with Crippen LogP contribution in [0.2, 0.25) is 0 Å². The molecule has 2 aromatic heterocycles. The molecule has 0 unspecified atom stereocenters. The highest BCUT2D eigenvalue weighted by molar-refractivity contribution is 6.00. The molecule has 25 heavy (non-hydrogen) atoms. The molecule has 130 valence electrons. The van der Waals surface area contributed by atoms with Gasteiger partial charge in [-0.1, -0.05) is 0 Å². The summed E-state index contributed by atoms with van der Waals surface area (Å²) in [6.07, 6.45) is 7.13. The number of rotatable bonds is 2. The summed E-state index contributed by atoms with van der Waals surface area (Å²) in [4.78, 5) is 37.2. The van der Waals surface area contributed by atoms with E-state index >= 15 is 0 Å². The number of hydrogen-bond donors (Lipinski definition) is 0. The minimum atomic E-state index is -0.357. The number of aromatic nitrogens is 4. The van der Waals surface area contributed by atoms with Gasteiger partial charge in [-0.25, -0.2) is 4.98 Å². The van der Waals surface area contributed by atoms with Crippen LogP contribution < -0.4 is 4.90 Å². The Morgan fingerprint density at radius 3 is 2.60 bits per heavy atom. The molecule has 0 radical (unpaired) electrons. The lowest BCUT2D eigenvalue weighted by molar-refractivity contribution is -0.127. The summed E-state index contributed by atoms with van der Waals surface area (Å²) in [7, 11) is 1.74. The highest BCUT2D eigenvalue weighted by Gasteiger charge is 2.49. The van der Waals surface area contributed by atoms with Crippen LogP contribution in [0, 0.1) is 5.41 Å². The van der Waals surface area contributed by atoms with Crippen molar-refractivity contribution in [3.63, 3.8) is 0 Å². The van der Waals surface area contributed by atoms with E-state index in [0.29, 0.717) is 32.5 Å². The molecule has 1 spiro atoms. The zero-order valence-electron chi connectivity index (χ0n) is 14.1. The molecule has 2 fully saturated rings. The van der Waals surface area contributed by atoms with Crippen molar-refractivity contribution in [1.29, 1.82) is 0 Å². The Balaban J connectivity index is 1.45. The number of pyridine rings is 1. The third kappa shape index (κ3) is 2.67. The zero-order chi connectivity index (χ0) is 17.4. The van der Waals surface area contributed by atoms with Gasteiger partial charge in [0, 0.05) is 32.9 Å². The molecular weight excluding hydrogens is 320 g/mol. The molecule has 2 amide bonds. The fourth-order valence-electron chi connectivity index (χ4n) is 3.76. The maximum Gasteiger partial charge on any atom is 0.293 e. The average Bonchev–Trinajstić information content (AvgIpc) is 3.21. The second-order valence-electron chi connectivity index (χ2n) is 6.73. The van der Waals surface area contributed by atoms with Crippen LogP contribution in [-0.4, -0.2) is 56.1 Å². The van der Waals surface area contributed by atoms with Crippen molar-refractivity contribution in [1.82, 2.24) is 24.6 Å². The summed E-state index contributed by atoms with van der Waals surface area (Å²) in [6, 6.07) is 3.75. The number of amides is 2. The van der Waals surface area contributed by atoms with Gasteiger partial charge in [-0.05, 0) is 31.4 Å². The second kappa shape index (κ2) is 5.94. The minimum absolute atomic E-state index is 0.156. The predicted octanol–water partition coefficient (Wildman–Crippen LogP) is 0.869. The summed E-state index contributed by atoms with van der Waals surface area (Å²) in [5.41, 5.74) is 0.491. The Morgan fingerprint density at radius 2 is 1.96 bits per heavy atom. The van der Waals surface area contributed by atoms with E-state index in [-0.39, 0.29) is 23.1 Å². The third-order valence-corrected chi connectivity index (χ3v) is 5.27. The van der Waals surface area contributed by atoms with Gasteiger partial charge < -0.3 is 9.80 Å². The molecule has 4 heterocycles. The van der Waals surface area contributed by atoms with Gasteiger partial charge in [-0.15, -0.1) is 5.10 Å². The summed E-state index contributed by atoms with van der Waals surface area (Å²) in [5.74, 6) is 0.210. The van der Waals surface area contributed by atoms with Gasteiger partial charge in [0.25, 0.3) is 5.91 Å². The van der Waals surface area contributed by atoms with Crippen LogP contribution in [0.15, 0.2) is 30.9 Å². The minimum Gasteiger partial charge on any atom is -0.336 e. The second-order valence-corrected chi connectivity index (χ2v) is 6.73. The molecule has 0 atom stereocenters. The first-order valence-corrected chi connectivity index (χ1v) is 8.46. The molecule has 0 aromatic carbocycles. The van der Waals surface area contributed by atoms with Crippen molar-refractivity contribution in [3.8, 4) is 0 Å². The first kappa shape index (κ1) is 15.7. The highest BCUT2D eigenvalue weighted by atomic mass is 16.2. The van der Waals surface area contributed by atoms with Gasteiger partial charge in [0.2, 0.25) is 11.7 Å². The maximum atomic E-state index is 13.0. The van der Waals surface area contributed by atoms with E-state index in [4.69, 9.17) is 0 Å². The van der Waals surface area contributed by atoms with Crippen LogP contribution >= 0.6 is 0 Å². The van der Waals surface area contributed by atoms with Gasteiger partial charge in [0.05, 0.1) is 17.3 Å². The number of piperidine rings is 1. The molecular formula is C17H20N6O2. The van der Waals surface area contributed by atoms with Crippen LogP contribution in [0.1, 0.15) is 29.9 Å². The Morgan fingerprint density at radius 1 is 1.20 bits per heavy atom. The molecule has 8 nitrogen and oxygen atoms in total. The number of hydrogen-bond acceptors (Lipinski definition) is 5. The quantitative estimate of drug-likeness (QED) is 0.810. The van der Waals surface area contributed by atoms with Crippen LogP contribution in [0.3, 0.4) is 0 Å². The summed E-state index contributed by atoms with van der Waals surface area (Å²) in [5, 5.41) is 4.07. The molecule has 0 N–H and O–H groups in total. The van der Waals surface area contributed by atoms with Crippen LogP contribution in [-0.2, 0) is 11.8 Å². The molecule has 8 heteroatoms. The number of carbonyl (C=O) groups excluding carboxylic acids is 2. The SMILES string of the molecule is Cn1cnc(C(=O)N2CCC3(CC2)CCN(c2cccnc2)C3=O)n1. The predicted molar refractivity (Wildman–Crippen MR) is 89.8 cm³/mol. The first-order chi connectivity index (χ1) is 12.1. The van der Waals surface area contributed by atoms with Gasteiger partial charge in [-0.3, -0.25) is 19.3 Å².